The SMILES string of the molecule is O=C(O)COCCNC(=O)CSc1ccc(Br)cc1. The van der Waals surface area contributed by atoms with Gasteiger partial charge in [0.2, 0.25) is 5.91 Å². The Labute approximate surface area is 123 Å². The highest BCUT2D eigenvalue weighted by Crippen LogP contribution is 2.20. The second-order valence-electron chi connectivity index (χ2n) is 3.54. The first kappa shape index (κ1) is 16.0. The average molecular weight is 348 g/mol. The Morgan fingerprint density at radius 1 is 1.32 bits per heavy atom. The van der Waals surface area contributed by atoms with Crippen LogP contribution in [0.4, 0.5) is 0 Å². The molecule has 0 aromatic heterocycles. The maximum absolute atomic E-state index is 11.5. The number of carboxylic acids is 1. The molecule has 1 rings (SSSR count). The summed E-state index contributed by atoms with van der Waals surface area (Å²) in [4.78, 5) is 22.6. The van der Waals surface area contributed by atoms with E-state index < -0.39 is 5.97 Å². The molecular weight excluding hydrogens is 334 g/mol. The average Bonchev–Trinajstić information content (AvgIpc) is 2.37. The van der Waals surface area contributed by atoms with Crippen LogP contribution in [0.25, 0.3) is 0 Å². The number of rotatable bonds is 8. The van der Waals surface area contributed by atoms with Crippen LogP contribution >= 0.6 is 27.7 Å². The Morgan fingerprint density at radius 2 is 2.00 bits per heavy atom. The van der Waals surface area contributed by atoms with Crippen molar-refractivity contribution in [1.82, 2.24) is 5.32 Å². The molecule has 1 aromatic rings. The molecule has 19 heavy (non-hydrogen) atoms. The van der Waals surface area contributed by atoms with Crippen LogP contribution in [0.2, 0.25) is 0 Å². The van der Waals surface area contributed by atoms with Gasteiger partial charge in [0.05, 0.1) is 12.4 Å². The highest BCUT2D eigenvalue weighted by Gasteiger charge is 2.03. The van der Waals surface area contributed by atoms with E-state index >= 15 is 0 Å². The van der Waals surface area contributed by atoms with E-state index in [0.717, 1.165) is 9.37 Å². The Morgan fingerprint density at radius 3 is 2.63 bits per heavy atom. The van der Waals surface area contributed by atoms with Crippen molar-refractivity contribution in [2.45, 2.75) is 4.90 Å². The van der Waals surface area contributed by atoms with E-state index in [1.807, 2.05) is 24.3 Å². The van der Waals surface area contributed by atoms with Crippen molar-refractivity contribution in [3.8, 4) is 0 Å². The normalized spacial score (nSPS) is 10.2. The lowest BCUT2D eigenvalue weighted by molar-refractivity contribution is -0.142. The molecule has 1 amide bonds. The van der Waals surface area contributed by atoms with Gasteiger partial charge in [0.1, 0.15) is 6.61 Å². The van der Waals surface area contributed by atoms with Gasteiger partial charge in [-0.2, -0.15) is 0 Å². The Balaban J connectivity index is 2.11. The molecule has 1 aromatic carbocycles. The lowest BCUT2D eigenvalue weighted by atomic mass is 10.4. The highest BCUT2D eigenvalue weighted by molar-refractivity contribution is 9.10. The third kappa shape index (κ3) is 7.86. The monoisotopic (exact) mass is 347 g/mol. The van der Waals surface area contributed by atoms with Crippen molar-refractivity contribution < 1.29 is 19.4 Å². The topological polar surface area (TPSA) is 75.6 Å². The van der Waals surface area contributed by atoms with Gasteiger partial charge in [0.15, 0.2) is 0 Å². The van der Waals surface area contributed by atoms with Crippen molar-refractivity contribution in [2.75, 3.05) is 25.5 Å². The van der Waals surface area contributed by atoms with Crippen molar-refractivity contribution in [1.29, 1.82) is 0 Å². The summed E-state index contributed by atoms with van der Waals surface area (Å²) in [5, 5.41) is 11.0. The van der Waals surface area contributed by atoms with Gasteiger partial charge in [0.25, 0.3) is 0 Å². The van der Waals surface area contributed by atoms with E-state index in [1.165, 1.54) is 11.8 Å². The van der Waals surface area contributed by atoms with Crippen molar-refractivity contribution in [3.63, 3.8) is 0 Å². The summed E-state index contributed by atoms with van der Waals surface area (Å²) in [5.41, 5.74) is 0. The molecule has 0 radical (unpaired) electrons. The van der Waals surface area contributed by atoms with E-state index in [1.54, 1.807) is 0 Å². The molecule has 0 saturated heterocycles. The standard InChI is InChI=1S/C12H14BrNO4S/c13-9-1-3-10(4-2-9)19-8-11(15)14-5-6-18-7-12(16)17/h1-4H,5-8H2,(H,14,15)(H,16,17). The minimum absolute atomic E-state index is 0.105. The minimum Gasteiger partial charge on any atom is -0.480 e. The molecule has 0 fully saturated rings. The second kappa shape index (κ2) is 8.95. The van der Waals surface area contributed by atoms with Gasteiger partial charge in [-0.15, -0.1) is 11.8 Å². The van der Waals surface area contributed by atoms with Crippen molar-refractivity contribution in [2.24, 2.45) is 0 Å². The number of halogens is 1. The predicted molar refractivity (Wildman–Crippen MR) is 76.3 cm³/mol. The summed E-state index contributed by atoms with van der Waals surface area (Å²) in [6.45, 7) is 0.164. The molecule has 0 heterocycles. The third-order valence-corrected chi connectivity index (χ3v) is 3.52. The smallest absolute Gasteiger partial charge is 0.329 e. The molecule has 7 heteroatoms. The summed E-state index contributed by atoms with van der Waals surface area (Å²) in [7, 11) is 0. The molecule has 0 atom stereocenters. The van der Waals surface area contributed by atoms with Gasteiger partial charge in [-0.25, -0.2) is 4.79 Å². The highest BCUT2D eigenvalue weighted by atomic mass is 79.9. The zero-order valence-corrected chi connectivity index (χ0v) is 12.5. The number of ether oxygens (including phenoxy) is 1. The molecule has 0 aliphatic heterocycles. The first-order valence-corrected chi connectivity index (χ1v) is 7.30. The summed E-state index contributed by atoms with van der Waals surface area (Å²) >= 11 is 4.78. The lowest BCUT2D eigenvalue weighted by Gasteiger charge is -2.05. The number of carbonyl (C=O) groups excluding carboxylic acids is 1. The number of aliphatic carboxylic acids is 1. The zero-order valence-electron chi connectivity index (χ0n) is 10.1. The largest absolute Gasteiger partial charge is 0.480 e. The fourth-order valence-corrected chi connectivity index (χ4v) is 2.15. The predicted octanol–water partition coefficient (Wildman–Crippen LogP) is 1.76. The van der Waals surface area contributed by atoms with Gasteiger partial charge >= 0.3 is 5.97 Å². The van der Waals surface area contributed by atoms with Crippen LogP contribution in [-0.4, -0.2) is 42.5 Å². The zero-order chi connectivity index (χ0) is 14.1. The number of hydrogen-bond donors (Lipinski definition) is 2. The van der Waals surface area contributed by atoms with Crippen molar-refractivity contribution in [3.05, 3.63) is 28.7 Å². The maximum Gasteiger partial charge on any atom is 0.329 e. The van der Waals surface area contributed by atoms with E-state index in [4.69, 9.17) is 9.84 Å². The summed E-state index contributed by atoms with van der Waals surface area (Å²) < 4.78 is 5.79. The van der Waals surface area contributed by atoms with Crippen LogP contribution in [0.5, 0.6) is 0 Å². The number of hydrogen-bond acceptors (Lipinski definition) is 4. The maximum atomic E-state index is 11.5. The molecule has 0 aliphatic carbocycles. The lowest BCUT2D eigenvalue weighted by Crippen LogP contribution is -2.29. The van der Waals surface area contributed by atoms with Gasteiger partial charge in [-0.1, -0.05) is 15.9 Å². The van der Waals surface area contributed by atoms with Crippen LogP contribution in [0.15, 0.2) is 33.6 Å². The van der Waals surface area contributed by atoms with Crippen LogP contribution in [0, 0.1) is 0 Å². The van der Waals surface area contributed by atoms with Gasteiger partial charge in [-0.05, 0) is 24.3 Å². The molecule has 0 unspecified atom stereocenters. The summed E-state index contributed by atoms with van der Waals surface area (Å²) in [5.74, 6) is -0.801. The summed E-state index contributed by atoms with van der Waals surface area (Å²) in [6.07, 6.45) is 0. The van der Waals surface area contributed by atoms with E-state index in [9.17, 15) is 9.59 Å². The Hall–Kier alpha value is -1.05. The number of benzene rings is 1. The molecular formula is C12H14BrNO4S. The number of amides is 1. The first-order chi connectivity index (χ1) is 9.08. The van der Waals surface area contributed by atoms with Gasteiger partial charge < -0.3 is 15.2 Å². The second-order valence-corrected chi connectivity index (χ2v) is 5.50. The quantitative estimate of drug-likeness (QED) is 0.553. The molecule has 0 aliphatic rings. The molecule has 0 saturated carbocycles. The van der Waals surface area contributed by atoms with E-state index in [2.05, 4.69) is 21.2 Å². The molecule has 2 N–H and O–H groups in total. The number of nitrogens with one attached hydrogen (secondary N) is 1. The van der Waals surface area contributed by atoms with E-state index in [-0.39, 0.29) is 19.1 Å². The van der Waals surface area contributed by atoms with Crippen LogP contribution in [0.1, 0.15) is 0 Å². The third-order valence-electron chi connectivity index (χ3n) is 1.98. The number of carboxylic acid groups (broad SMARTS) is 1. The molecule has 5 nitrogen and oxygen atoms in total. The van der Waals surface area contributed by atoms with Gasteiger partial charge in [-0.3, -0.25) is 4.79 Å². The van der Waals surface area contributed by atoms with Crippen LogP contribution < -0.4 is 5.32 Å². The first-order valence-electron chi connectivity index (χ1n) is 5.52. The number of carbonyl (C=O) groups is 2. The van der Waals surface area contributed by atoms with Crippen molar-refractivity contribution >= 4 is 39.6 Å². The fraction of sp³-hybridized carbons (Fsp3) is 0.333. The number of thioether (sulfide) groups is 1. The minimum atomic E-state index is -1.02. The molecule has 0 spiro atoms. The summed E-state index contributed by atoms with van der Waals surface area (Å²) in [6, 6.07) is 7.69. The van der Waals surface area contributed by atoms with Crippen LogP contribution in [-0.2, 0) is 14.3 Å². The molecule has 104 valence electrons. The Bertz CT molecular complexity index is 424. The van der Waals surface area contributed by atoms with Gasteiger partial charge in [0, 0.05) is 15.9 Å². The molecule has 0 bridgehead atoms. The fourth-order valence-electron chi connectivity index (χ4n) is 1.15. The van der Waals surface area contributed by atoms with Crippen LogP contribution in [0.3, 0.4) is 0 Å². The van der Waals surface area contributed by atoms with E-state index in [0.29, 0.717) is 12.3 Å². The Kier molecular flexibility index (Phi) is 7.54.